The second-order valence-corrected chi connectivity index (χ2v) is 7.65. The zero-order valence-corrected chi connectivity index (χ0v) is 14.0. The maximum atomic E-state index is 12.5. The first-order valence-corrected chi connectivity index (χ1v) is 8.90. The molecule has 114 valence electrons. The largest absolute Gasteiger partial charge is 0.318 e. The van der Waals surface area contributed by atoms with E-state index in [9.17, 15) is 8.42 Å². The number of likely N-dealkylation sites (N-methyl/N-ethyl adjacent to an activating group) is 2. The Morgan fingerprint density at radius 1 is 1.38 bits per heavy atom. The fraction of sp³-hybridized carbons (Fsp3) is 0.357. The highest BCUT2D eigenvalue weighted by atomic mass is 32.2. The number of hydrogen-bond acceptors (Lipinski definition) is 5. The Hall–Kier alpha value is -1.28. The highest BCUT2D eigenvalue weighted by Gasteiger charge is 2.20. The van der Waals surface area contributed by atoms with Gasteiger partial charge in [-0.25, -0.2) is 13.4 Å². The van der Waals surface area contributed by atoms with Crippen molar-refractivity contribution in [3.05, 3.63) is 35.3 Å². The lowest BCUT2D eigenvalue weighted by Crippen LogP contribution is -2.32. The summed E-state index contributed by atoms with van der Waals surface area (Å²) in [5, 5.41) is 5.74. The summed E-state index contributed by atoms with van der Waals surface area (Å²) in [6, 6.07) is 6.94. The molecule has 0 bridgehead atoms. The average Bonchev–Trinajstić information content (AvgIpc) is 2.91. The van der Waals surface area contributed by atoms with E-state index in [1.165, 1.54) is 15.6 Å². The number of aromatic nitrogens is 1. The van der Waals surface area contributed by atoms with E-state index >= 15 is 0 Å². The van der Waals surface area contributed by atoms with Crippen LogP contribution in [0.3, 0.4) is 0 Å². The van der Waals surface area contributed by atoms with Crippen molar-refractivity contribution in [1.29, 1.82) is 0 Å². The van der Waals surface area contributed by atoms with Gasteiger partial charge < -0.3 is 5.32 Å². The van der Waals surface area contributed by atoms with E-state index in [0.717, 1.165) is 16.3 Å². The minimum absolute atomic E-state index is 0.298. The molecular weight excluding hydrogens is 306 g/mol. The van der Waals surface area contributed by atoms with Gasteiger partial charge in [0.1, 0.15) is 5.01 Å². The van der Waals surface area contributed by atoms with Crippen LogP contribution in [-0.4, -0.2) is 44.9 Å². The predicted molar refractivity (Wildman–Crippen MR) is 86.0 cm³/mol. The van der Waals surface area contributed by atoms with Crippen LogP contribution in [0.1, 0.15) is 5.69 Å². The van der Waals surface area contributed by atoms with Crippen molar-refractivity contribution in [3.63, 3.8) is 0 Å². The van der Waals surface area contributed by atoms with Crippen molar-refractivity contribution in [3.8, 4) is 10.6 Å². The molecule has 0 aliphatic rings. The van der Waals surface area contributed by atoms with Gasteiger partial charge in [-0.3, -0.25) is 0 Å². The molecule has 2 aromatic rings. The summed E-state index contributed by atoms with van der Waals surface area (Å²) in [7, 11) is -0.0771. The number of hydrogen-bond donors (Lipinski definition) is 1. The number of aryl methyl sites for hydroxylation is 1. The lowest BCUT2D eigenvalue weighted by molar-refractivity contribution is 0.466. The predicted octanol–water partition coefficient (Wildman–Crippen LogP) is 1.96. The van der Waals surface area contributed by atoms with E-state index in [-0.39, 0.29) is 0 Å². The first-order chi connectivity index (χ1) is 9.95. The van der Waals surface area contributed by atoms with E-state index in [1.54, 1.807) is 32.3 Å². The van der Waals surface area contributed by atoms with Crippen molar-refractivity contribution >= 4 is 21.4 Å². The number of benzene rings is 1. The third-order valence-corrected chi connectivity index (χ3v) is 5.95. The molecule has 1 aromatic heterocycles. The molecular formula is C14H19N3O2S2. The van der Waals surface area contributed by atoms with Crippen molar-refractivity contribution in [2.24, 2.45) is 0 Å². The second-order valence-electron chi connectivity index (χ2n) is 4.75. The molecule has 0 amide bonds. The fourth-order valence-electron chi connectivity index (χ4n) is 1.85. The van der Waals surface area contributed by atoms with Gasteiger partial charge in [0.2, 0.25) is 10.0 Å². The summed E-state index contributed by atoms with van der Waals surface area (Å²) in [5.74, 6) is 0. The van der Waals surface area contributed by atoms with Gasteiger partial charge in [-0.05, 0) is 26.1 Å². The van der Waals surface area contributed by atoms with E-state index in [1.807, 2.05) is 18.4 Å². The van der Waals surface area contributed by atoms with Crippen LogP contribution in [0, 0.1) is 6.92 Å². The molecule has 1 N–H and O–H groups in total. The maximum absolute atomic E-state index is 12.5. The highest BCUT2D eigenvalue weighted by Crippen LogP contribution is 2.26. The molecule has 0 aliphatic heterocycles. The second kappa shape index (κ2) is 6.65. The topological polar surface area (TPSA) is 62.3 Å². The molecule has 0 atom stereocenters. The van der Waals surface area contributed by atoms with Gasteiger partial charge in [0.25, 0.3) is 0 Å². The van der Waals surface area contributed by atoms with Gasteiger partial charge in [-0.2, -0.15) is 4.31 Å². The van der Waals surface area contributed by atoms with Crippen molar-refractivity contribution in [1.82, 2.24) is 14.6 Å². The number of rotatable bonds is 6. The SMILES string of the molecule is CNCCN(C)S(=O)(=O)c1cccc(-c2nc(C)cs2)c1. The third kappa shape index (κ3) is 3.68. The number of nitrogens with one attached hydrogen (secondary N) is 1. The van der Waals surface area contributed by atoms with Gasteiger partial charge in [0, 0.05) is 36.8 Å². The monoisotopic (exact) mass is 325 g/mol. The summed E-state index contributed by atoms with van der Waals surface area (Å²) in [4.78, 5) is 4.70. The van der Waals surface area contributed by atoms with E-state index < -0.39 is 10.0 Å². The highest BCUT2D eigenvalue weighted by molar-refractivity contribution is 7.89. The molecule has 21 heavy (non-hydrogen) atoms. The minimum atomic E-state index is -3.46. The van der Waals surface area contributed by atoms with Gasteiger partial charge in [-0.1, -0.05) is 12.1 Å². The van der Waals surface area contributed by atoms with Crippen LogP contribution in [0.5, 0.6) is 0 Å². The fourth-order valence-corrected chi connectivity index (χ4v) is 3.86. The number of sulfonamides is 1. The molecule has 1 heterocycles. The average molecular weight is 325 g/mol. The first-order valence-electron chi connectivity index (χ1n) is 6.58. The number of thiazole rings is 1. The number of nitrogens with zero attached hydrogens (tertiary/aromatic N) is 2. The summed E-state index contributed by atoms with van der Waals surface area (Å²) in [5.41, 5.74) is 1.77. The summed E-state index contributed by atoms with van der Waals surface area (Å²) >= 11 is 1.51. The molecule has 0 radical (unpaired) electrons. The molecule has 0 saturated heterocycles. The van der Waals surface area contributed by atoms with Crippen LogP contribution in [0.4, 0.5) is 0 Å². The molecule has 1 aromatic carbocycles. The maximum Gasteiger partial charge on any atom is 0.242 e. The van der Waals surface area contributed by atoms with E-state index in [0.29, 0.717) is 18.0 Å². The minimum Gasteiger partial charge on any atom is -0.318 e. The van der Waals surface area contributed by atoms with Gasteiger partial charge in [0.05, 0.1) is 4.90 Å². The molecule has 0 saturated carbocycles. The van der Waals surface area contributed by atoms with Crippen molar-refractivity contribution in [2.75, 3.05) is 27.2 Å². The van der Waals surface area contributed by atoms with Crippen molar-refractivity contribution in [2.45, 2.75) is 11.8 Å². The molecule has 0 fully saturated rings. The molecule has 7 heteroatoms. The quantitative estimate of drug-likeness (QED) is 0.882. The summed E-state index contributed by atoms with van der Waals surface area (Å²) < 4.78 is 26.4. The molecule has 5 nitrogen and oxygen atoms in total. The Bertz CT molecular complexity index is 711. The zero-order chi connectivity index (χ0) is 15.5. The Kier molecular flexibility index (Phi) is 5.10. The normalized spacial score (nSPS) is 12.0. The van der Waals surface area contributed by atoms with E-state index in [4.69, 9.17) is 0 Å². The molecule has 0 spiro atoms. The Labute approximate surface area is 129 Å². The van der Waals surface area contributed by atoms with Crippen LogP contribution in [0.2, 0.25) is 0 Å². The Morgan fingerprint density at radius 3 is 2.76 bits per heavy atom. The lowest BCUT2D eigenvalue weighted by Gasteiger charge is -2.17. The van der Waals surface area contributed by atoms with Crippen LogP contribution < -0.4 is 5.32 Å². The Morgan fingerprint density at radius 2 is 2.14 bits per heavy atom. The van der Waals surface area contributed by atoms with Crippen LogP contribution in [-0.2, 0) is 10.0 Å². The van der Waals surface area contributed by atoms with E-state index in [2.05, 4.69) is 10.3 Å². The van der Waals surface area contributed by atoms with Crippen LogP contribution in [0.25, 0.3) is 10.6 Å². The van der Waals surface area contributed by atoms with Crippen molar-refractivity contribution < 1.29 is 8.42 Å². The van der Waals surface area contributed by atoms with Crippen LogP contribution >= 0.6 is 11.3 Å². The first kappa shape index (κ1) is 16.1. The van der Waals surface area contributed by atoms with Gasteiger partial charge in [-0.15, -0.1) is 11.3 Å². The summed E-state index contributed by atoms with van der Waals surface area (Å²) in [6.45, 7) is 2.96. The molecule has 2 rings (SSSR count). The lowest BCUT2D eigenvalue weighted by atomic mass is 10.2. The standard InChI is InChI=1S/C14H19N3O2S2/c1-11-10-20-14(16-11)12-5-4-6-13(9-12)21(18,19)17(3)8-7-15-2/h4-6,9-10,15H,7-8H2,1-3H3. The molecule has 0 aliphatic carbocycles. The van der Waals surface area contributed by atoms with Gasteiger partial charge in [0.15, 0.2) is 0 Å². The van der Waals surface area contributed by atoms with Crippen LogP contribution in [0.15, 0.2) is 34.5 Å². The smallest absolute Gasteiger partial charge is 0.242 e. The summed E-state index contributed by atoms with van der Waals surface area (Å²) in [6.07, 6.45) is 0. The Balaban J connectivity index is 2.32. The molecule has 0 unspecified atom stereocenters. The van der Waals surface area contributed by atoms with Gasteiger partial charge >= 0.3 is 0 Å². The third-order valence-electron chi connectivity index (χ3n) is 3.08. The zero-order valence-electron chi connectivity index (χ0n) is 12.3.